The Labute approximate surface area is 121 Å². The Kier molecular flexibility index (Phi) is 3.17. The highest BCUT2D eigenvalue weighted by Gasteiger charge is 2.19. The van der Waals surface area contributed by atoms with Crippen molar-refractivity contribution in [3.05, 3.63) is 35.3 Å². The number of nitrogens with two attached hydrogens (primary N) is 1. The summed E-state index contributed by atoms with van der Waals surface area (Å²) < 4.78 is 6.01. The molecule has 8 heteroatoms. The average molecular weight is 304 g/mol. The molecule has 0 saturated carbocycles. The summed E-state index contributed by atoms with van der Waals surface area (Å²) >= 11 is 2.42. The Hall–Kier alpha value is -2.32. The van der Waals surface area contributed by atoms with Crippen molar-refractivity contribution in [1.29, 1.82) is 5.41 Å². The summed E-state index contributed by atoms with van der Waals surface area (Å²) in [6.07, 6.45) is 0. The van der Waals surface area contributed by atoms with E-state index in [4.69, 9.17) is 15.9 Å². The number of hydrogen-bond acceptors (Lipinski definition) is 8. The molecular formula is C12H8N4O2S2. The van der Waals surface area contributed by atoms with Gasteiger partial charge in [0.05, 0.1) is 10.2 Å². The normalized spacial score (nSPS) is 10.6. The number of fused-ring (bicyclic) bond motifs is 1. The van der Waals surface area contributed by atoms with Gasteiger partial charge in [0, 0.05) is 5.38 Å². The summed E-state index contributed by atoms with van der Waals surface area (Å²) in [6, 6.07) is 7.45. The summed E-state index contributed by atoms with van der Waals surface area (Å²) in [5, 5.41) is 9.78. The van der Waals surface area contributed by atoms with Crippen molar-refractivity contribution in [3.8, 4) is 5.19 Å². The average Bonchev–Trinajstić information content (AvgIpc) is 3.03. The molecule has 1 aromatic carbocycles. The van der Waals surface area contributed by atoms with Crippen LogP contribution in [0.25, 0.3) is 10.2 Å². The van der Waals surface area contributed by atoms with Crippen molar-refractivity contribution < 1.29 is 9.53 Å². The zero-order valence-corrected chi connectivity index (χ0v) is 11.6. The third kappa shape index (κ3) is 2.38. The predicted molar refractivity (Wildman–Crippen MR) is 78.6 cm³/mol. The highest BCUT2D eigenvalue weighted by molar-refractivity contribution is 7.20. The first-order valence-electron chi connectivity index (χ1n) is 5.51. The maximum atomic E-state index is 11.8. The molecule has 0 fully saturated rings. The van der Waals surface area contributed by atoms with Gasteiger partial charge in [0.15, 0.2) is 10.8 Å². The van der Waals surface area contributed by atoms with Crippen LogP contribution in [0.2, 0.25) is 0 Å². The molecule has 0 aliphatic carbocycles. The van der Waals surface area contributed by atoms with E-state index in [2.05, 4.69) is 9.97 Å². The first-order chi connectivity index (χ1) is 9.63. The number of nitrogens with zero attached hydrogens (tertiary/aromatic N) is 2. The lowest BCUT2D eigenvalue weighted by atomic mass is 10.3. The lowest BCUT2D eigenvalue weighted by Crippen LogP contribution is -2.20. The minimum absolute atomic E-state index is 0.207. The number of thiazole rings is 2. The van der Waals surface area contributed by atoms with E-state index in [-0.39, 0.29) is 16.6 Å². The Morgan fingerprint density at radius 3 is 2.80 bits per heavy atom. The van der Waals surface area contributed by atoms with E-state index in [9.17, 15) is 4.79 Å². The first kappa shape index (κ1) is 12.7. The van der Waals surface area contributed by atoms with Crippen LogP contribution in [0.1, 0.15) is 5.69 Å². The number of nitrogen functional groups attached to an aromatic ring is 1. The maximum absolute atomic E-state index is 11.8. The van der Waals surface area contributed by atoms with Crippen LogP contribution in [0.5, 0.6) is 5.19 Å². The van der Waals surface area contributed by atoms with Gasteiger partial charge in [-0.3, -0.25) is 5.41 Å². The molecule has 0 amide bonds. The van der Waals surface area contributed by atoms with Crippen molar-refractivity contribution in [2.75, 3.05) is 5.73 Å². The second-order valence-corrected chi connectivity index (χ2v) is 5.67. The molecule has 3 aromatic rings. The summed E-state index contributed by atoms with van der Waals surface area (Å²) in [7, 11) is 0. The van der Waals surface area contributed by atoms with Crippen LogP contribution >= 0.6 is 22.7 Å². The molecule has 0 aliphatic heterocycles. The van der Waals surface area contributed by atoms with E-state index in [1.165, 1.54) is 28.1 Å². The number of hydrogen-bond donors (Lipinski definition) is 2. The fourth-order valence-electron chi connectivity index (χ4n) is 1.53. The molecule has 0 unspecified atom stereocenters. The van der Waals surface area contributed by atoms with E-state index in [1.54, 1.807) is 0 Å². The van der Waals surface area contributed by atoms with Crippen LogP contribution in [-0.2, 0) is 4.79 Å². The zero-order valence-electron chi connectivity index (χ0n) is 9.99. The quantitative estimate of drug-likeness (QED) is 0.571. The number of carbonyl (C=O) groups excluding carboxylic acids is 1. The van der Waals surface area contributed by atoms with Crippen molar-refractivity contribution in [1.82, 2.24) is 9.97 Å². The van der Waals surface area contributed by atoms with Crippen LogP contribution in [-0.4, -0.2) is 21.6 Å². The van der Waals surface area contributed by atoms with Gasteiger partial charge < -0.3 is 10.5 Å². The Balaban J connectivity index is 1.80. The minimum atomic E-state index is -0.797. The summed E-state index contributed by atoms with van der Waals surface area (Å²) in [6.45, 7) is 0. The van der Waals surface area contributed by atoms with Gasteiger partial charge in [-0.2, -0.15) is 0 Å². The minimum Gasteiger partial charge on any atom is -0.393 e. The van der Waals surface area contributed by atoms with Gasteiger partial charge in [0.25, 0.3) is 5.19 Å². The van der Waals surface area contributed by atoms with Gasteiger partial charge in [0.2, 0.25) is 0 Å². The van der Waals surface area contributed by atoms with E-state index >= 15 is 0 Å². The number of aromatic nitrogens is 2. The number of nitrogens with one attached hydrogen (secondary N) is 1. The van der Waals surface area contributed by atoms with Crippen LogP contribution in [0, 0.1) is 5.41 Å². The zero-order chi connectivity index (χ0) is 14.1. The number of para-hydroxylation sites is 1. The molecule has 3 rings (SSSR count). The second-order valence-electron chi connectivity index (χ2n) is 3.78. The molecular weight excluding hydrogens is 296 g/mol. The second kappa shape index (κ2) is 4.99. The number of carbonyl (C=O) groups is 1. The van der Waals surface area contributed by atoms with Crippen LogP contribution in [0.4, 0.5) is 5.13 Å². The summed E-state index contributed by atoms with van der Waals surface area (Å²) in [4.78, 5) is 19.9. The van der Waals surface area contributed by atoms with E-state index in [0.717, 1.165) is 10.2 Å². The van der Waals surface area contributed by atoms with Crippen molar-refractivity contribution in [2.24, 2.45) is 0 Å². The molecule has 3 N–H and O–H groups in total. The lowest BCUT2D eigenvalue weighted by Gasteiger charge is -1.98. The molecule has 100 valence electrons. The third-order valence-corrected chi connectivity index (χ3v) is 4.02. The molecule has 0 saturated heterocycles. The van der Waals surface area contributed by atoms with Crippen LogP contribution in [0.3, 0.4) is 0 Å². The van der Waals surface area contributed by atoms with Crippen molar-refractivity contribution >= 4 is 49.7 Å². The lowest BCUT2D eigenvalue weighted by molar-refractivity contribution is -0.126. The van der Waals surface area contributed by atoms with E-state index in [1.807, 2.05) is 24.3 Å². The SMILES string of the molecule is N=C(C(=O)Oc1nc2ccccc2s1)c1csc(N)n1. The molecule has 0 spiro atoms. The van der Waals surface area contributed by atoms with Crippen LogP contribution < -0.4 is 10.5 Å². The Bertz CT molecular complexity index is 776. The van der Waals surface area contributed by atoms with Gasteiger partial charge in [-0.25, -0.2) is 14.8 Å². The molecule has 2 heterocycles. The molecule has 0 atom stereocenters. The summed E-state index contributed by atoms with van der Waals surface area (Å²) in [5.74, 6) is -0.797. The molecule has 20 heavy (non-hydrogen) atoms. The van der Waals surface area contributed by atoms with Gasteiger partial charge in [0.1, 0.15) is 5.69 Å². The molecule has 0 aliphatic rings. The number of rotatable bonds is 3. The van der Waals surface area contributed by atoms with Crippen molar-refractivity contribution in [2.45, 2.75) is 0 Å². The predicted octanol–water partition coefficient (Wildman–Crippen LogP) is 2.31. The summed E-state index contributed by atoms with van der Waals surface area (Å²) in [5.41, 5.74) is 6.09. The molecule has 0 bridgehead atoms. The molecule has 6 nitrogen and oxygen atoms in total. The Morgan fingerprint density at radius 2 is 2.10 bits per heavy atom. The molecule has 0 radical (unpaired) electrons. The smallest absolute Gasteiger partial charge is 0.365 e. The Morgan fingerprint density at radius 1 is 1.30 bits per heavy atom. The monoisotopic (exact) mass is 304 g/mol. The largest absolute Gasteiger partial charge is 0.393 e. The van der Waals surface area contributed by atoms with Crippen molar-refractivity contribution in [3.63, 3.8) is 0 Å². The molecule has 2 aromatic heterocycles. The highest BCUT2D eigenvalue weighted by atomic mass is 32.1. The van der Waals surface area contributed by atoms with Gasteiger partial charge in [-0.15, -0.1) is 11.3 Å². The first-order valence-corrected chi connectivity index (χ1v) is 7.21. The number of esters is 1. The fraction of sp³-hybridized carbons (Fsp3) is 0. The van der Waals surface area contributed by atoms with Gasteiger partial charge >= 0.3 is 5.97 Å². The topological polar surface area (TPSA) is 102 Å². The number of anilines is 1. The van der Waals surface area contributed by atoms with E-state index < -0.39 is 5.97 Å². The number of benzene rings is 1. The van der Waals surface area contributed by atoms with E-state index in [0.29, 0.717) is 5.13 Å². The standard InChI is InChI=1S/C12H8N4O2S2/c13-9(7-5-19-11(14)15-7)10(17)18-12-16-6-3-1-2-4-8(6)20-12/h1-5,13H,(H2,14,15). The van der Waals surface area contributed by atoms with Gasteiger partial charge in [-0.1, -0.05) is 23.5 Å². The number of ether oxygens (including phenoxy) is 1. The maximum Gasteiger partial charge on any atom is 0.365 e. The van der Waals surface area contributed by atoms with Crippen LogP contribution in [0.15, 0.2) is 29.6 Å². The highest BCUT2D eigenvalue weighted by Crippen LogP contribution is 2.27. The van der Waals surface area contributed by atoms with Gasteiger partial charge in [-0.05, 0) is 12.1 Å². The third-order valence-electron chi connectivity index (χ3n) is 2.44. The fourth-order valence-corrected chi connectivity index (χ4v) is 2.90.